The Bertz CT molecular complexity index is 647. The van der Waals surface area contributed by atoms with Crippen LogP contribution in [0.1, 0.15) is 23.0 Å². The van der Waals surface area contributed by atoms with E-state index < -0.39 is 0 Å². The van der Waals surface area contributed by atoms with Crippen molar-refractivity contribution in [1.29, 1.82) is 0 Å². The molecule has 5 heteroatoms. The van der Waals surface area contributed by atoms with Crippen LogP contribution < -0.4 is 4.74 Å². The normalized spacial score (nSPS) is 14.9. The maximum absolute atomic E-state index is 12.1. The summed E-state index contributed by atoms with van der Waals surface area (Å²) in [5.74, 6) is 0.880. The molecule has 1 aliphatic rings. The van der Waals surface area contributed by atoms with Crippen molar-refractivity contribution in [2.24, 2.45) is 0 Å². The minimum Gasteiger partial charge on any atom is -0.486 e. The van der Waals surface area contributed by atoms with Crippen LogP contribution in [-0.2, 0) is 6.42 Å². The zero-order valence-electron chi connectivity index (χ0n) is 11.8. The molecule has 0 radical (unpaired) electrons. The highest BCUT2D eigenvalue weighted by Crippen LogP contribution is 2.24. The van der Waals surface area contributed by atoms with E-state index in [2.05, 4.69) is 18.0 Å². The molecule has 1 fully saturated rings. The monoisotopic (exact) mass is 304 g/mol. The van der Waals surface area contributed by atoms with Crippen LogP contribution in [0.2, 0.25) is 5.02 Å². The first kappa shape index (κ1) is 14.0. The summed E-state index contributed by atoms with van der Waals surface area (Å²) >= 11 is 5.81. The lowest BCUT2D eigenvalue weighted by molar-refractivity contribution is 0.0171. The number of amides is 1. The number of carbonyl (C=O) groups excluding carboxylic acids is 1. The molecule has 2 heterocycles. The Morgan fingerprint density at radius 2 is 2.19 bits per heavy atom. The summed E-state index contributed by atoms with van der Waals surface area (Å²) in [5, 5.41) is 0.545. The molecule has 1 saturated heterocycles. The first-order chi connectivity index (χ1) is 10.2. The molecule has 0 spiro atoms. The minimum absolute atomic E-state index is 0.0365. The number of likely N-dealkylation sites (tertiary alicyclic amines) is 1. The van der Waals surface area contributed by atoms with Gasteiger partial charge < -0.3 is 14.6 Å². The number of halogens is 1. The van der Waals surface area contributed by atoms with Crippen LogP contribution in [0.4, 0.5) is 0 Å². The molecule has 0 aliphatic carbocycles. The number of rotatable bonds is 4. The van der Waals surface area contributed by atoms with Crippen LogP contribution in [0.5, 0.6) is 5.75 Å². The van der Waals surface area contributed by atoms with Crippen molar-refractivity contribution in [2.75, 3.05) is 13.1 Å². The van der Waals surface area contributed by atoms with E-state index in [-0.39, 0.29) is 12.0 Å². The molecule has 21 heavy (non-hydrogen) atoms. The fourth-order valence-corrected chi connectivity index (χ4v) is 2.59. The van der Waals surface area contributed by atoms with Gasteiger partial charge in [0.1, 0.15) is 17.5 Å². The Hall–Kier alpha value is -1.94. The zero-order chi connectivity index (χ0) is 14.8. The average Bonchev–Trinajstić information content (AvgIpc) is 2.89. The van der Waals surface area contributed by atoms with Gasteiger partial charge in [-0.3, -0.25) is 4.79 Å². The third-order valence-corrected chi connectivity index (χ3v) is 3.88. The molecule has 110 valence electrons. The van der Waals surface area contributed by atoms with Crippen LogP contribution in [-0.4, -0.2) is 35.0 Å². The van der Waals surface area contributed by atoms with Crippen molar-refractivity contribution >= 4 is 17.5 Å². The molecular weight excluding hydrogens is 288 g/mol. The van der Waals surface area contributed by atoms with Gasteiger partial charge in [0.2, 0.25) is 0 Å². The third-order valence-electron chi connectivity index (χ3n) is 3.66. The van der Waals surface area contributed by atoms with Gasteiger partial charge in [-0.05, 0) is 24.1 Å². The van der Waals surface area contributed by atoms with Gasteiger partial charge in [-0.1, -0.05) is 36.7 Å². The molecule has 1 N–H and O–H groups in total. The SMILES string of the molecule is CCc1ccccc1OC1CN(C(=O)c2cc(Cl)c[nH]2)C1. The Morgan fingerprint density at radius 3 is 2.86 bits per heavy atom. The molecule has 0 unspecified atom stereocenters. The summed E-state index contributed by atoms with van der Waals surface area (Å²) in [4.78, 5) is 16.8. The van der Waals surface area contributed by atoms with Crippen molar-refractivity contribution in [2.45, 2.75) is 19.4 Å². The fraction of sp³-hybridized carbons (Fsp3) is 0.312. The lowest BCUT2D eigenvalue weighted by atomic mass is 10.1. The van der Waals surface area contributed by atoms with Crippen molar-refractivity contribution in [3.8, 4) is 5.75 Å². The molecule has 1 amide bonds. The standard InChI is InChI=1S/C16H17ClN2O2/c1-2-11-5-3-4-6-15(11)21-13-9-19(10-13)16(20)14-7-12(17)8-18-14/h3-8,13,18H,2,9-10H2,1H3. The number of nitrogens with one attached hydrogen (secondary N) is 1. The fourth-order valence-electron chi connectivity index (χ4n) is 2.43. The smallest absolute Gasteiger partial charge is 0.270 e. The molecule has 0 atom stereocenters. The Morgan fingerprint density at radius 1 is 1.43 bits per heavy atom. The maximum atomic E-state index is 12.1. The van der Waals surface area contributed by atoms with Gasteiger partial charge in [-0.25, -0.2) is 0 Å². The molecule has 0 saturated carbocycles. The second-order valence-corrected chi connectivity index (χ2v) is 5.58. The van der Waals surface area contributed by atoms with E-state index in [0.29, 0.717) is 23.8 Å². The summed E-state index contributed by atoms with van der Waals surface area (Å²) in [6, 6.07) is 9.67. The van der Waals surface area contributed by atoms with Gasteiger partial charge in [0.25, 0.3) is 5.91 Å². The minimum atomic E-state index is -0.0365. The first-order valence-corrected chi connectivity index (χ1v) is 7.43. The van der Waals surface area contributed by atoms with E-state index >= 15 is 0 Å². The Balaban J connectivity index is 1.57. The van der Waals surface area contributed by atoms with Crippen LogP contribution in [0.25, 0.3) is 0 Å². The number of aryl methyl sites for hydroxylation is 1. The van der Waals surface area contributed by atoms with E-state index in [1.54, 1.807) is 17.2 Å². The van der Waals surface area contributed by atoms with E-state index in [1.807, 2.05) is 18.2 Å². The van der Waals surface area contributed by atoms with E-state index in [1.165, 1.54) is 5.56 Å². The quantitative estimate of drug-likeness (QED) is 0.943. The van der Waals surface area contributed by atoms with Crippen molar-refractivity contribution in [1.82, 2.24) is 9.88 Å². The van der Waals surface area contributed by atoms with Crippen molar-refractivity contribution in [3.63, 3.8) is 0 Å². The highest BCUT2D eigenvalue weighted by molar-refractivity contribution is 6.30. The number of ether oxygens (including phenoxy) is 1. The molecule has 4 nitrogen and oxygen atoms in total. The second-order valence-electron chi connectivity index (χ2n) is 5.14. The number of aromatic nitrogens is 1. The van der Waals surface area contributed by atoms with Gasteiger partial charge in [-0.2, -0.15) is 0 Å². The summed E-state index contributed by atoms with van der Waals surface area (Å²) in [5.41, 5.74) is 1.71. The number of para-hydroxylation sites is 1. The van der Waals surface area contributed by atoms with Crippen LogP contribution in [0.3, 0.4) is 0 Å². The zero-order valence-corrected chi connectivity index (χ0v) is 12.6. The van der Waals surface area contributed by atoms with Crippen LogP contribution >= 0.6 is 11.6 Å². The first-order valence-electron chi connectivity index (χ1n) is 7.05. The summed E-state index contributed by atoms with van der Waals surface area (Å²) in [6.45, 7) is 3.31. The number of aromatic amines is 1. The van der Waals surface area contributed by atoms with Gasteiger partial charge in [0.15, 0.2) is 0 Å². The highest BCUT2D eigenvalue weighted by Gasteiger charge is 2.33. The number of benzene rings is 1. The van der Waals surface area contributed by atoms with Gasteiger partial charge in [0.05, 0.1) is 18.1 Å². The number of hydrogen-bond acceptors (Lipinski definition) is 2. The summed E-state index contributed by atoms with van der Waals surface area (Å²) < 4.78 is 5.96. The van der Waals surface area contributed by atoms with E-state index in [4.69, 9.17) is 16.3 Å². The second kappa shape index (κ2) is 5.82. The Kier molecular flexibility index (Phi) is 3.88. The molecular formula is C16H17ClN2O2. The number of H-pyrrole nitrogens is 1. The molecule has 0 bridgehead atoms. The summed E-state index contributed by atoms with van der Waals surface area (Å²) in [6.07, 6.45) is 2.61. The van der Waals surface area contributed by atoms with E-state index in [9.17, 15) is 4.79 Å². The molecule has 1 aromatic carbocycles. The predicted octanol–water partition coefficient (Wildman–Crippen LogP) is 3.13. The topological polar surface area (TPSA) is 45.3 Å². The van der Waals surface area contributed by atoms with Crippen LogP contribution in [0, 0.1) is 0 Å². The lowest BCUT2D eigenvalue weighted by Crippen LogP contribution is -2.56. The predicted molar refractivity (Wildman–Crippen MR) is 81.9 cm³/mol. The summed E-state index contributed by atoms with van der Waals surface area (Å²) in [7, 11) is 0. The third kappa shape index (κ3) is 2.90. The molecule has 2 aromatic rings. The Labute approximate surface area is 128 Å². The molecule has 1 aromatic heterocycles. The molecule has 3 rings (SSSR count). The molecule has 1 aliphatic heterocycles. The largest absolute Gasteiger partial charge is 0.486 e. The number of hydrogen-bond donors (Lipinski definition) is 1. The van der Waals surface area contributed by atoms with Gasteiger partial charge >= 0.3 is 0 Å². The van der Waals surface area contributed by atoms with Crippen molar-refractivity contribution in [3.05, 3.63) is 52.8 Å². The van der Waals surface area contributed by atoms with Crippen molar-refractivity contribution < 1.29 is 9.53 Å². The highest BCUT2D eigenvalue weighted by atomic mass is 35.5. The van der Waals surface area contributed by atoms with Gasteiger partial charge in [0, 0.05) is 6.20 Å². The lowest BCUT2D eigenvalue weighted by Gasteiger charge is -2.39. The maximum Gasteiger partial charge on any atom is 0.270 e. The average molecular weight is 305 g/mol. The number of nitrogens with zero attached hydrogens (tertiary/aromatic N) is 1. The number of carbonyl (C=O) groups is 1. The van der Waals surface area contributed by atoms with Crippen LogP contribution in [0.15, 0.2) is 36.5 Å². The van der Waals surface area contributed by atoms with Gasteiger partial charge in [-0.15, -0.1) is 0 Å². The van der Waals surface area contributed by atoms with E-state index in [0.717, 1.165) is 12.2 Å².